The van der Waals surface area contributed by atoms with Crippen LogP contribution >= 0.6 is 0 Å². The predicted molar refractivity (Wildman–Crippen MR) is 67.7 cm³/mol. The number of carbonyl (C=O) groups is 2. The second-order valence-corrected chi connectivity index (χ2v) is 5.04. The molecule has 1 fully saturated rings. The summed E-state index contributed by atoms with van der Waals surface area (Å²) in [5.74, 6) is -0.326. The summed E-state index contributed by atoms with van der Waals surface area (Å²) in [5, 5.41) is 2.91. The summed E-state index contributed by atoms with van der Waals surface area (Å²) < 4.78 is 5.11. The van der Waals surface area contributed by atoms with Gasteiger partial charge >= 0.3 is 5.97 Å². The standard InChI is InChI=1S/C14H21NO3/c1-3-7-15-13(16)11-9-5-6-10(8-9)12(11)14(17)18-4-2/h5-6,9-12H,3-4,7-8H2,1-2H3,(H,15,16)/t9-,10+,11-,12-/m0/s1. The van der Waals surface area contributed by atoms with Gasteiger partial charge in [-0.05, 0) is 31.6 Å². The molecule has 1 saturated carbocycles. The number of hydrogen-bond donors (Lipinski definition) is 1. The van der Waals surface area contributed by atoms with E-state index in [1.807, 2.05) is 6.92 Å². The molecule has 4 nitrogen and oxygen atoms in total. The van der Waals surface area contributed by atoms with Crippen LogP contribution in [0.15, 0.2) is 12.2 Å². The molecule has 2 rings (SSSR count). The minimum absolute atomic E-state index is 0.00625. The van der Waals surface area contributed by atoms with Gasteiger partial charge in [-0.2, -0.15) is 0 Å². The van der Waals surface area contributed by atoms with E-state index in [0.717, 1.165) is 12.8 Å². The Morgan fingerprint density at radius 1 is 1.22 bits per heavy atom. The van der Waals surface area contributed by atoms with Crippen LogP contribution in [0.4, 0.5) is 0 Å². The van der Waals surface area contributed by atoms with Crippen molar-refractivity contribution in [1.82, 2.24) is 5.32 Å². The number of ether oxygens (including phenoxy) is 1. The van der Waals surface area contributed by atoms with Crippen LogP contribution in [0, 0.1) is 23.7 Å². The van der Waals surface area contributed by atoms with Crippen molar-refractivity contribution in [2.75, 3.05) is 13.2 Å². The predicted octanol–water partition coefficient (Wildman–Crippen LogP) is 1.51. The molecule has 2 aliphatic rings. The minimum Gasteiger partial charge on any atom is -0.466 e. The fraction of sp³-hybridized carbons (Fsp3) is 0.714. The SMILES string of the molecule is CCCNC(=O)[C@@H]1[C@@H](C(=O)OCC)[C@@H]2C=C[C@H]1C2. The maximum absolute atomic E-state index is 12.2. The first-order chi connectivity index (χ1) is 8.69. The highest BCUT2D eigenvalue weighted by molar-refractivity contribution is 5.87. The second-order valence-electron chi connectivity index (χ2n) is 5.04. The van der Waals surface area contributed by atoms with E-state index < -0.39 is 0 Å². The Balaban J connectivity index is 2.09. The molecular weight excluding hydrogens is 230 g/mol. The zero-order valence-electron chi connectivity index (χ0n) is 11.0. The first kappa shape index (κ1) is 13.1. The zero-order chi connectivity index (χ0) is 13.1. The molecule has 0 aromatic carbocycles. The molecule has 0 aromatic heterocycles. The molecule has 1 amide bonds. The Morgan fingerprint density at radius 3 is 2.50 bits per heavy atom. The second kappa shape index (κ2) is 5.55. The normalized spacial score (nSPS) is 32.6. The van der Waals surface area contributed by atoms with E-state index in [-0.39, 0.29) is 35.5 Å². The van der Waals surface area contributed by atoms with Gasteiger partial charge in [0.25, 0.3) is 0 Å². The Hall–Kier alpha value is -1.32. The molecule has 2 aliphatic carbocycles. The van der Waals surface area contributed by atoms with Crippen LogP contribution in [-0.4, -0.2) is 25.0 Å². The average molecular weight is 251 g/mol. The van der Waals surface area contributed by atoms with Crippen LogP contribution in [-0.2, 0) is 14.3 Å². The monoisotopic (exact) mass is 251 g/mol. The van der Waals surface area contributed by atoms with Crippen molar-refractivity contribution in [1.29, 1.82) is 0 Å². The van der Waals surface area contributed by atoms with Crippen molar-refractivity contribution in [2.24, 2.45) is 23.7 Å². The summed E-state index contributed by atoms with van der Waals surface area (Å²) in [6.07, 6.45) is 5.96. The highest BCUT2D eigenvalue weighted by Crippen LogP contribution is 2.48. The third-order valence-electron chi connectivity index (χ3n) is 3.87. The van der Waals surface area contributed by atoms with Crippen LogP contribution in [0.1, 0.15) is 26.7 Å². The summed E-state index contributed by atoms with van der Waals surface area (Å²) in [4.78, 5) is 24.1. The van der Waals surface area contributed by atoms with E-state index in [1.165, 1.54) is 0 Å². The maximum Gasteiger partial charge on any atom is 0.310 e. The van der Waals surface area contributed by atoms with Gasteiger partial charge in [0.15, 0.2) is 0 Å². The molecule has 0 heterocycles. The Kier molecular flexibility index (Phi) is 4.04. The van der Waals surface area contributed by atoms with Crippen LogP contribution in [0.3, 0.4) is 0 Å². The Bertz CT molecular complexity index is 364. The summed E-state index contributed by atoms with van der Waals surface area (Å²) in [5.41, 5.74) is 0. The molecule has 4 heteroatoms. The number of allylic oxidation sites excluding steroid dienone is 2. The number of carbonyl (C=O) groups excluding carboxylic acids is 2. The quantitative estimate of drug-likeness (QED) is 0.595. The molecule has 0 saturated heterocycles. The van der Waals surface area contributed by atoms with E-state index in [4.69, 9.17) is 4.74 Å². The van der Waals surface area contributed by atoms with Crippen molar-refractivity contribution >= 4 is 11.9 Å². The van der Waals surface area contributed by atoms with Gasteiger partial charge in [-0.3, -0.25) is 9.59 Å². The minimum atomic E-state index is -0.281. The van der Waals surface area contributed by atoms with Gasteiger partial charge in [-0.25, -0.2) is 0 Å². The fourth-order valence-corrected chi connectivity index (χ4v) is 3.11. The van der Waals surface area contributed by atoms with Gasteiger partial charge in [0.05, 0.1) is 18.4 Å². The molecule has 0 aliphatic heterocycles. The van der Waals surface area contributed by atoms with Crippen LogP contribution in [0.25, 0.3) is 0 Å². The number of fused-ring (bicyclic) bond motifs is 2. The van der Waals surface area contributed by atoms with E-state index in [0.29, 0.717) is 13.2 Å². The topological polar surface area (TPSA) is 55.4 Å². The number of rotatable bonds is 5. The fourth-order valence-electron chi connectivity index (χ4n) is 3.11. The maximum atomic E-state index is 12.2. The lowest BCUT2D eigenvalue weighted by atomic mass is 9.82. The summed E-state index contributed by atoms with van der Waals surface area (Å²) in [7, 11) is 0. The lowest BCUT2D eigenvalue weighted by molar-refractivity contribution is -0.153. The molecule has 0 unspecified atom stereocenters. The largest absolute Gasteiger partial charge is 0.466 e. The Morgan fingerprint density at radius 2 is 1.89 bits per heavy atom. The number of nitrogens with one attached hydrogen (secondary N) is 1. The highest BCUT2D eigenvalue weighted by atomic mass is 16.5. The molecule has 0 radical (unpaired) electrons. The molecular formula is C14H21NO3. The third-order valence-corrected chi connectivity index (χ3v) is 3.87. The molecule has 4 atom stereocenters. The first-order valence-corrected chi connectivity index (χ1v) is 6.81. The Labute approximate surface area is 108 Å². The van der Waals surface area contributed by atoms with Crippen molar-refractivity contribution in [2.45, 2.75) is 26.7 Å². The van der Waals surface area contributed by atoms with Gasteiger partial charge in [-0.15, -0.1) is 0 Å². The lowest BCUT2D eigenvalue weighted by Crippen LogP contribution is -2.41. The summed E-state index contributed by atoms with van der Waals surface area (Å²) >= 11 is 0. The summed E-state index contributed by atoms with van der Waals surface area (Å²) in [6.45, 7) is 4.86. The van der Waals surface area contributed by atoms with Crippen molar-refractivity contribution < 1.29 is 14.3 Å². The van der Waals surface area contributed by atoms with Crippen molar-refractivity contribution in [3.63, 3.8) is 0 Å². The van der Waals surface area contributed by atoms with E-state index >= 15 is 0 Å². The van der Waals surface area contributed by atoms with Crippen LogP contribution < -0.4 is 5.32 Å². The lowest BCUT2D eigenvalue weighted by Gasteiger charge is -2.25. The molecule has 2 bridgehead atoms. The molecule has 0 aromatic rings. The molecule has 1 N–H and O–H groups in total. The molecule has 100 valence electrons. The third kappa shape index (κ3) is 2.28. The first-order valence-electron chi connectivity index (χ1n) is 6.81. The highest BCUT2D eigenvalue weighted by Gasteiger charge is 2.52. The molecule has 0 spiro atoms. The number of hydrogen-bond acceptors (Lipinski definition) is 3. The molecule has 18 heavy (non-hydrogen) atoms. The van der Waals surface area contributed by atoms with Gasteiger partial charge in [-0.1, -0.05) is 19.1 Å². The summed E-state index contributed by atoms with van der Waals surface area (Å²) in [6, 6.07) is 0. The van der Waals surface area contributed by atoms with E-state index in [9.17, 15) is 9.59 Å². The smallest absolute Gasteiger partial charge is 0.310 e. The average Bonchev–Trinajstić information content (AvgIpc) is 2.96. The van der Waals surface area contributed by atoms with E-state index in [1.54, 1.807) is 6.92 Å². The van der Waals surface area contributed by atoms with Crippen molar-refractivity contribution in [3.8, 4) is 0 Å². The zero-order valence-corrected chi connectivity index (χ0v) is 11.0. The van der Waals surface area contributed by atoms with Gasteiger partial charge in [0, 0.05) is 6.54 Å². The van der Waals surface area contributed by atoms with Gasteiger partial charge < -0.3 is 10.1 Å². The van der Waals surface area contributed by atoms with Gasteiger partial charge in [0.1, 0.15) is 0 Å². The van der Waals surface area contributed by atoms with Crippen molar-refractivity contribution in [3.05, 3.63) is 12.2 Å². The van der Waals surface area contributed by atoms with E-state index in [2.05, 4.69) is 17.5 Å². The van der Waals surface area contributed by atoms with Crippen LogP contribution in [0.2, 0.25) is 0 Å². The van der Waals surface area contributed by atoms with Gasteiger partial charge in [0.2, 0.25) is 5.91 Å². The number of esters is 1. The van der Waals surface area contributed by atoms with Crippen LogP contribution in [0.5, 0.6) is 0 Å². The number of amides is 1.